The highest BCUT2D eigenvalue weighted by Crippen LogP contribution is 2.22. The number of aryl methyl sites for hydroxylation is 4. The Labute approximate surface area is 113 Å². The molecule has 0 amide bonds. The van der Waals surface area contributed by atoms with Gasteiger partial charge in [-0.05, 0) is 36.9 Å². The van der Waals surface area contributed by atoms with Crippen LogP contribution in [0.15, 0.2) is 36.5 Å². The third-order valence-corrected chi connectivity index (χ3v) is 3.43. The first-order valence-corrected chi connectivity index (χ1v) is 6.43. The van der Waals surface area contributed by atoms with E-state index in [-0.39, 0.29) is 0 Å². The van der Waals surface area contributed by atoms with Gasteiger partial charge < -0.3 is 0 Å². The third-order valence-electron chi connectivity index (χ3n) is 3.43. The molecule has 0 aliphatic carbocycles. The summed E-state index contributed by atoms with van der Waals surface area (Å²) in [6, 6.07) is 10.2. The van der Waals surface area contributed by atoms with Crippen molar-refractivity contribution in [1.29, 1.82) is 0 Å². The standard InChI is InChI=1S/C17H22N/c1-5-14-11-17(18(4)12-15(14)6-2)16-10-8-7-9-13(16)3/h7-12H,5-6H2,1-4H3/q+1/i5D2. The summed E-state index contributed by atoms with van der Waals surface area (Å²) in [6.07, 6.45) is 1.57. The predicted octanol–water partition coefficient (Wildman–Crippen LogP) is 3.61. The average molecular weight is 242 g/mol. The van der Waals surface area contributed by atoms with Gasteiger partial charge in [-0.3, -0.25) is 0 Å². The van der Waals surface area contributed by atoms with E-state index in [1.165, 1.54) is 5.56 Å². The van der Waals surface area contributed by atoms with Crippen molar-refractivity contribution in [3.05, 3.63) is 53.2 Å². The fraction of sp³-hybridized carbons (Fsp3) is 0.353. The SMILES string of the molecule is [2H]C([2H])(C)c1cc(-c2ccccc2C)[n+](C)cc1CC. The number of hydrogen-bond acceptors (Lipinski definition) is 0. The van der Waals surface area contributed by atoms with Crippen LogP contribution in [0.4, 0.5) is 0 Å². The molecule has 0 saturated heterocycles. The van der Waals surface area contributed by atoms with Crippen LogP contribution < -0.4 is 4.57 Å². The summed E-state index contributed by atoms with van der Waals surface area (Å²) in [4.78, 5) is 0. The van der Waals surface area contributed by atoms with Crippen LogP contribution in [0, 0.1) is 6.92 Å². The first kappa shape index (κ1) is 10.3. The maximum atomic E-state index is 8.06. The zero-order valence-electron chi connectivity index (χ0n) is 13.6. The fourth-order valence-corrected chi connectivity index (χ4v) is 2.35. The molecule has 0 aliphatic heterocycles. The number of aromatic nitrogens is 1. The lowest BCUT2D eigenvalue weighted by atomic mass is 9.99. The Morgan fingerprint density at radius 2 is 1.89 bits per heavy atom. The van der Waals surface area contributed by atoms with Crippen LogP contribution >= 0.6 is 0 Å². The molecule has 1 heterocycles. The van der Waals surface area contributed by atoms with Gasteiger partial charge in [0, 0.05) is 19.9 Å². The second-order valence-electron chi connectivity index (χ2n) is 4.63. The van der Waals surface area contributed by atoms with Gasteiger partial charge >= 0.3 is 0 Å². The van der Waals surface area contributed by atoms with Gasteiger partial charge in [0.2, 0.25) is 5.69 Å². The van der Waals surface area contributed by atoms with Gasteiger partial charge in [-0.2, -0.15) is 0 Å². The van der Waals surface area contributed by atoms with Crippen LogP contribution in [0.3, 0.4) is 0 Å². The number of hydrogen-bond donors (Lipinski definition) is 0. The minimum absolute atomic E-state index is 0.788. The highest BCUT2D eigenvalue weighted by molar-refractivity contribution is 5.61. The van der Waals surface area contributed by atoms with Gasteiger partial charge in [0.05, 0.1) is 0 Å². The molecule has 0 saturated carbocycles. The lowest BCUT2D eigenvalue weighted by Crippen LogP contribution is -2.32. The monoisotopic (exact) mass is 242 g/mol. The summed E-state index contributed by atoms with van der Waals surface area (Å²) in [5, 5.41) is 0. The summed E-state index contributed by atoms with van der Waals surface area (Å²) >= 11 is 0. The molecule has 0 fully saturated rings. The van der Waals surface area contributed by atoms with E-state index < -0.39 is 6.37 Å². The normalized spacial score (nSPS) is 13.1. The van der Waals surface area contributed by atoms with Crippen molar-refractivity contribution in [2.75, 3.05) is 0 Å². The van der Waals surface area contributed by atoms with E-state index in [0.29, 0.717) is 0 Å². The Morgan fingerprint density at radius 3 is 2.50 bits per heavy atom. The molecule has 0 aliphatic rings. The van der Waals surface area contributed by atoms with E-state index in [1.54, 1.807) is 6.92 Å². The number of nitrogens with zero attached hydrogens (tertiary/aromatic N) is 1. The minimum Gasteiger partial charge on any atom is -0.201 e. The van der Waals surface area contributed by atoms with Crippen LogP contribution in [0.1, 0.15) is 33.3 Å². The molecule has 18 heavy (non-hydrogen) atoms. The van der Waals surface area contributed by atoms with Crippen LogP contribution in [-0.2, 0) is 19.8 Å². The van der Waals surface area contributed by atoms with E-state index >= 15 is 0 Å². The Hall–Kier alpha value is -1.63. The van der Waals surface area contributed by atoms with Crippen LogP contribution in [-0.4, -0.2) is 0 Å². The molecule has 0 radical (unpaired) electrons. The molecule has 0 unspecified atom stereocenters. The lowest BCUT2D eigenvalue weighted by Gasteiger charge is -2.09. The Balaban J connectivity index is 2.70. The zero-order valence-corrected chi connectivity index (χ0v) is 11.6. The first-order chi connectivity index (χ1) is 9.34. The van der Waals surface area contributed by atoms with E-state index in [4.69, 9.17) is 2.74 Å². The second-order valence-corrected chi connectivity index (χ2v) is 4.63. The van der Waals surface area contributed by atoms with Crippen molar-refractivity contribution >= 4 is 0 Å². The lowest BCUT2D eigenvalue weighted by molar-refractivity contribution is -0.660. The number of rotatable bonds is 3. The highest BCUT2D eigenvalue weighted by atomic mass is 14.9. The first-order valence-electron chi connectivity index (χ1n) is 7.43. The molecule has 0 N–H and O–H groups in total. The van der Waals surface area contributed by atoms with Crippen molar-refractivity contribution in [2.24, 2.45) is 7.05 Å². The molecular weight excluding hydrogens is 218 g/mol. The molecule has 1 nitrogen and oxygen atoms in total. The van der Waals surface area contributed by atoms with Crippen LogP contribution in [0.5, 0.6) is 0 Å². The van der Waals surface area contributed by atoms with Crippen molar-refractivity contribution < 1.29 is 7.31 Å². The molecule has 94 valence electrons. The molecule has 1 aromatic heterocycles. The quantitative estimate of drug-likeness (QED) is 0.724. The Bertz CT molecular complexity index is 627. The smallest absolute Gasteiger partial charge is 0.201 e. The van der Waals surface area contributed by atoms with E-state index in [1.807, 2.05) is 25.2 Å². The minimum atomic E-state index is -1.32. The average Bonchev–Trinajstić information content (AvgIpc) is 2.38. The molecule has 0 spiro atoms. The van der Waals surface area contributed by atoms with E-state index in [2.05, 4.69) is 36.7 Å². The molecule has 0 atom stereocenters. The van der Waals surface area contributed by atoms with Gasteiger partial charge in [0.1, 0.15) is 7.05 Å². The van der Waals surface area contributed by atoms with Gasteiger partial charge in [0.15, 0.2) is 6.20 Å². The van der Waals surface area contributed by atoms with Gasteiger partial charge in [-0.15, -0.1) is 0 Å². The highest BCUT2D eigenvalue weighted by Gasteiger charge is 2.15. The van der Waals surface area contributed by atoms with Crippen molar-refractivity contribution in [3.63, 3.8) is 0 Å². The summed E-state index contributed by atoms with van der Waals surface area (Å²) in [7, 11) is 2.02. The predicted molar refractivity (Wildman–Crippen MR) is 76.5 cm³/mol. The van der Waals surface area contributed by atoms with Crippen molar-refractivity contribution in [3.8, 4) is 11.3 Å². The van der Waals surface area contributed by atoms with E-state index in [9.17, 15) is 0 Å². The van der Waals surface area contributed by atoms with Crippen molar-refractivity contribution in [2.45, 2.75) is 33.6 Å². The van der Waals surface area contributed by atoms with Gasteiger partial charge in [0.25, 0.3) is 0 Å². The number of benzene rings is 1. The molecule has 1 heteroatoms. The summed E-state index contributed by atoms with van der Waals surface area (Å²) in [5.74, 6) is 0. The maximum Gasteiger partial charge on any atom is 0.212 e. The summed E-state index contributed by atoms with van der Waals surface area (Å²) < 4.78 is 18.2. The Morgan fingerprint density at radius 1 is 1.17 bits per heavy atom. The molecule has 0 bridgehead atoms. The summed E-state index contributed by atoms with van der Waals surface area (Å²) in [5.41, 5.74) is 5.27. The van der Waals surface area contributed by atoms with E-state index in [0.717, 1.165) is 28.8 Å². The zero-order chi connectivity index (χ0) is 14.9. The molecule has 2 rings (SSSR count). The van der Waals surface area contributed by atoms with Gasteiger partial charge in [-0.25, -0.2) is 4.57 Å². The molecule has 2 aromatic rings. The molecule has 1 aromatic carbocycles. The van der Waals surface area contributed by atoms with Gasteiger partial charge in [-0.1, -0.05) is 32.0 Å². The molecular formula is C17H22N+. The van der Waals surface area contributed by atoms with Crippen LogP contribution in [0.2, 0.25) is 0 Å². The topological polar surface area (TPSA) is 3.88 Å². The Kier molecular flexibility index (Phi) is 3.06. The third kappa shape index (κ3) is 2.31. The second kappa shape index (κ2) is 5.34. The van der Waals surface area contributed by atoms with Crippen molar-refractivity contribution in [1.82, 2.24) is 0 Å². The van der Waals surface area contributed by atoms with Crippen LogP contribution in [0.25, 0.3) is 11.3 Å². The summed E-state index contributed by atoms with van der Waals surface area (Å²) in [6.45, 7) is 5.78. The fourth-order valence-electron chi connectivity index (χ4n) is 2.35. The number of pyridine rings is 1. The maximum absolute atomic E-state index is 8.06. The largest absolute Gasteiger partial charge is 0.212 e.